The summed E-state index contributed by atoms with van der Waals surface area (Å²) < 4.78 is 39.3. The number of ether oxygens (including phenoxy) is 1. The van der Waals surface area contributed by atoms with E-state index in [1.165, 1.54) is 18.2 Å². The van der Waals surface area contributed by atoms with Gasteiger partial charge in [-0.15, -0.1) is 13.2 Å². The monoisotopic (exact) mass is 206 g/mol. The van der Waals surface area contributed by atoms with Crippen molar-refractivity contribution in [1.29, 1.82) is 0 Å². The highest BCUT2D eigenvalue weighted by Gasteiger charge is 2.31. The third kappa shape index (κ3) is 7.46. The van der Waals surface area contributed by atoms with Crippen LogP contribution in [0.4, 0.5) is 13.2 Å². The number of halogens is 3. The molecule has 0 atom stereocenters. The van der Waals surface area contributed by atoms with Crippen molar-refractivity contribution >= 4 is 0 Å². The van der Waals surface area contributed by atoms with Crippen LogP contribution in [0.15, 0.2) is 36.1 Å². The van der Waals surface area contributed by atoms with E-state index >= 15 is 0 Å². The van der Waals surface area contributed by atoms with Gasteiger partial charge in [-0.1, -0.05) is 25.2 Å². The van der Waals surface area contributed by atoms with E-state index in [1.807, 2.05) is 0 Å². The third-order valence-electron chi connectivity index (χ3n) is 1.17. The maximum Gasteiger partial charge on any atom is 0.573 e. The standard InChI is InChI=1S/C10H13F3O/c1-4-5-9(7-6-8(2)3)14-10(11,12)13/h5-7H,2,4H2,1,3H3/b7-6-,9-5+. The summed E-state index contributed by atoms with van der Waals surface area (Å²) in [6, 6.07) is 0. The van der Waals surface area contributed by atoms with Gasteiger partial charge in [-0.05, 0) is 25.5 Å². The average Bonchev–Trinajstić information content (AvgIpc) is 1.98. The predicted octanol–water partition coefficient (Wildman–Crippen LogP) is 3.95. The van der Waals surface area contributed by atoms with Gasteiger partial charge in [-0.3, -0.25) is 0 Å². The molecule has 0 saturated carbocycles. The van der Waals surface area contributed by atoms with E-state index < -0.39 is 6.36 Å². The zero-order chi connectivity index (χ0) is 11.2. The summed E-state index contributed by atoms with van der Waals surface area (Å²) in [5.74, 6) is -0.206. The fourth-order valence-corrected chi connectivity index (χ4v) is 0.703. The van der Waals surface area contributed by atoms with Gasteiger partial charge in [-0.2, -0.15) is 0 Å². The van der Waals surface area contributed by atoms with Crippen LogP contribution in [0.3, 0.4) is 0 Å². The molecule has 0 bridgehead atoms. The van der Waals surface area contributed by atoms with Crippen molar-refractivity contribution < 1.29 is 17.9 Å². The molecule has 0 rings (SSSR count). The molecule has 4 heteroatoms. The molecule has 1 nitrogen and oxygen atoms in total. The molecule has 80 valence electrons. The summed E-state index contributed by atoms with van der Waals surface area (Å²) in [7, 11) is 0. The van der Waals surface area contributed by atoms with Crippen LogP contribution in [0.1, 0.15) is 20.3 Å². The molecule has 0 N–H and O–H groups in total. The van der Waals surface area contributed by atoms with E-state index in [4.69, 9.17) is 0 Å². The summed E-state index contributed by atoms with van der Waals surface area (Å²) >= 11 is 0. The number of rotatable bonds is 4. The summed E-state index contributed by atoms with van der Waals surface area (Å²) in [6.45, 7) is 6.95. The molecule has 0 fully saturated rings. The quantitative estimate of drug-likeness (QED) is 0.500. The van der Waals surface area contributed by atoms with E-state index in [0.717, 1.165) is 0 Å². The molecular weight excluding hydrogens is 193 g/mol. The van der Waals surface area contributed by atoms with Crippen molar-refractivity contribution in [3.63, 3.8) is 0 Å². The second-order valence-electron chi connectivity index (χ2n) is 2.74. The average molecular weight is 206 g/mol. The number of hydrogen-bond acceptors (Lipinski definition) is 1. The Morgan fingerprint density at radius 2 is 1.93 bits per heavy atom. The van der Waals surface area contributed by atoms with E-state index in [1.54, 1.807) is 13.8 Å². The van der Waals surface area contributed by atoms with Gasteiger partial charge in [0.2, 0.25) is 0 Å². The lowest BCUT2D eigenvalue weighted by Crippen LogP contribution is -2.12. The zero-order valence-corrected chi connectivity index (χ0v) is 8.19. The van der Waals surface area contributed by atoms with Gasteiger partial charge in [0.1, 0.15) is 5.76 Å². The van der Waals surface area contributed by atoms with Crippen LogP contribution in [0.2, 0.25) is 0 Å². The fraction of sp³-hybridized carbons (Fsp3) is 0.400. The van der Waals surface area contributed by atoms with E-state index in [0.29, 0.717) is 12.0 Å². The first-order valence-corrected chi connectivity index (χ1v) is 4.14. The fourth-order valence-electron chi connectivity index (χ4n) is 0.703. The molecule has 0 aliphatic heterocycles. The molecule has 0 aromatic heterocycles. The van der Waals surface area contributed by atoms with E-state index in [2.05, 4.69) is 11.3 Å². The van der Waals surface area contributed by atoms with E-state index in [9.17, 15) is 13.2 Å². The first kappa shape index (κ1) is 12.8. The Bertz CT molecular complexity index is 249. The molecule has 0 aliphatic rings. The van der Waals surface area contributed by atoms with Crippen molar-refractivity contribution in [1.82, 2.24) is 0 Å². The van der Waals surface area contributed by atoms with Crippen molar-refractivity contribution in [2.45, 2.75) is 26.6 Å². The topological polar surface area (TPSA) is 9.23 Å². The van der Waals surface area contributed by atoms with Crippen LogP contribution >= 0.6 is 0 Å². The lowest BCUT2D eigenvalue weighted by molar-refractivity contribution is -0.303. The van der Waals surface area contributed by atoms with Gasteiger partial charge in [0.25, 0.3) is 0 Å². The molecule has 0 heterocycles. The molecular formula is C10H13F3O. The normalized spacial score (nSPS) is 13.4. The van der Waals surface area contributed by atoms with Crippen molar-refractivity contribution in [3.8, 4) is 0 Å². The maximum atomic E-state index is 11.8. The van der Waals surface area contributed by atoms with Crippen molar-refractivity contribution in [2.75, 3.05) is 0 Å². The van der Waals surface area contributed by atoms with Crippen molar-refractivity contribution in [2.24, 2.45) is 0 Å². The number of allylic oxidation sites excluding steroid dienone is 4. The Morgan fingerprint density at radius 3 is 2.29 bits per heavy atom. The van der Waals surface area contributed by atoms with Crippen LogP contribution in [0, 0.1) is 0 Å². The summed E-state index contributed by atoms with van der Waals surface area (Å²) in [4.78, 5) is 0. The molecule has 0 aromatic rings. The highest BCUT2D eigenvalue weighted by Crippen LogP contribution is 2.21. The van der Waals surface area contributed by atoms with Crippen molar-refractivity contribution in [3.05, 3.63) is 36.1 Å². The molecule has 14 heavy (non-hydrogen) atoms. The Hall–Kier alpha value is -1.19. The van der Waals surface area contributed by atoms with E-state index in [-0.39, 0.29) is 5.76 Å². The van der Waals surface area contributed by atoms with Gasteiger partial charge in [0.05, 0.1) is 0 Å². The second kappa shape index (κ2) is 5.52. The lowest BCUT2D eigenvalue weighted by atomic mass is 10.3. The van der Waals surface area contributed by atoms with Gasteiger partial charge in [0.15, 0.2) is 0 Å². The lowest BCUT2D eigenvalue weighted by Gasteiger charge is -2.09. The predicted molar refractivity (Wildman–Crippen MR) is 49.5 cm³/mol. The van der Waals surface area contributed by atoms with Crippen LogP contribution < -0.4 is 0 Å². The van der Waals surface area contributed by atoms with Crippen LogP contribution in [-0.2, 0) is 4.74 Å². The van der Waals surface area contributed by atoms with Gasteiger partial charge < -0.3 is 4.74 Å². The van der Waals surface area contributed by atoms with Gasteiger partial charge in [-0.25, -0.2) is 0 Å². The summed E-state index contributed by atoms with van der Waals surface area (Å²) in [5, 5.41) is 0. The van der Waals surface area contributed by atoms with Crippen LogP contribution in [0.25, 0.3) is 0 Å². The minimum Gasteiger partial charge on any atom is -0.406 e. The molecule has 0 unspecified atom stereocenters. The third-order valence-corrected chi connectivity index (χ3v) is 1.17. The zero-order valence-electron chi connectivity index (χ0n) is 8.19. The van der Waals surface area contributed by atoms with Crippen LogP contribution in [0.5, 0.6) is 0 Å². The number of hydrogen-bond donors (Lipinski definition) is 0. The second-order valence-corrected chi connectivity index (χ2v) is 2.74. The van der Waals surface area contributed by atoms with Crippen LogP contribution in [-0.4, -0.2) is 6.36 Å². The van der Waals surface area contributed by atoms with Gasteiger partial charge in [0, 0.05) is 0 Å². The molecule has 0 radical (unpaired) electrons. The first-order valence-electron chi connectivity index (χ1n) is 4.14. The maximum absolute atomic E-state index is 11.8. The Morgan fingerprint density at radius 1 is 1.36 bits per heavy atom. The minimum absolute atomic E-state index is 0.206. The molecule has 0 amide bonds. The Balaban J connectivity index is 4.47. The Kier molecular flexibility index (Phi) is 5.05. The molecule has 0 saturated heterocycles. The summed E-state index contributed by atoms with van der Waals surface area (Å²) in [5.41, 5.74) is 0.665. The molecule has 0 aliphatic carbocycles. The smallest absolute Gasteiger partial charge is 0.406 e. The summed E-state index contributed by atoms with van der Waals surface area (Å²) in [6.07, 6.45) is -0.0914. The Labute approximate surface area is 81.6 Å². The highest BCUT2D eigenvalue weighted by molar-refractivity contribution is 5.21. The first-order chi connectivity index (χ1) is 6.35. The van der Waals surface area contributed by atoms with Gasteiger partial charge >= 0.3 is 6.36 Å². The largest absolute Gasteiger partial charge is 0.573 e. The SMILES string of the molecule is C=C(C)/C=C\C(=C/CC)OC(F)(F)F. The molecule has 0 aromatic carbocycles. The number of alkyl halides is 3. The molecule has 0 spiro atoms. The highest BCUT2D eigenvalue weighted by atomic mass is 19.4. The minimum atomic E-state index is -4.64.